The number of rotatable bonds is 8. The molecule has 0 aromatic heterocycles. The fourth-order valence-corrected chi connectivity index (χ4v) is 5.18. The number of amides is 2. The van der Waals surface area contributed by atoms with E-state index >= 15 is 0 Å². The molecule has 2 unspecified atom stereocenters. The minimum absolute atomic E-state index is 0.00378. The normalized spacial score (nSPS) is 18.9. The first-order valence-corrected chi connectivity index (χ1v) is 12.0. The number of fused-ring (bicyclic) bond motifs is 3. The molecule has 1 heterocycles. The summed E-state index contributed by atoms with van der Waals surface area (Å²) >= 11 is 0. The maximum absolute atomic E-state index is 12.7. The molecule has 0 bridgehead atoms. The maximum atomic E-state index is 12.7. The monoisotopic (exact) mass is 462 g/mol. The molecule has 7 heteroatoms. The lowest BCUT2D eigenvalue weighted by Gasteiger charge is -2.41. The largest absolute Gasteiger partial charge is 0.481 e. The Hall–Kier alpha value is -3.35. The first-order valence-electron chi connectivity index (χ1n) is 12.0. The van der Waals surface area contributed by atoms with Gasteiger partial charge in [0.2, 0.25) is 5.91 Å². The van der Waals surface area contributed by atoms with Crippen molar-refractivity contribution < 1.29 is 24.2 Å². The van der Waals surface area contributed by atoms with E-state index in [1.165, 1.54) is 11.1 Å². The predicted molar refractivity (Wildman–Crippen MR) is 126 cm³/mol. The standard InChI is InChI=1S/C27H30N2O5/c1-16(26(31)32)18-13-29(14-18)25(30)12-24(17-10-11-17)28-27(33)34-15-23-21-8-4-2-6-19(21)20-7-3-5-9-22(20)23/h2-9,16-18,23-24H,10-15H2,1H3,(H,28,33)(H,31,32). The molecule has 0 spiro atoms. The Labute approximate surface area is 199 Å². The number of ether oxygens (including phenoxy) is 1. The average molecular weight is 463 g/mol. The van der Waals surface area contributed by atoms with E-state index in [1.54, 1.807) is 11.8 Å². The number of nitrogens with zero attached hydrogens (tertiary/aromatic N) is 1. The van der Waals surface area contributed by atoms with Crippen LogP contribution in [0.5, 0.6) is 0 Å². The van der Waals surface area contributed by atoms with Gasteiger partial charge in [-0.3, -0.25) is 9.59 Å². The van der Waals surface area contributed by atoms with Crippen molar-refractivity contribution in [1.82, 2.24) is 10.2 Å². The zero-order valence-corrected chi connectivity index (χ0v) is 19.3. The number of carboxylic acid groups (broad SMARTS) is 1. The average Bonchev–Trinajstić information content (AvgIpc) is 3.59. The summed E-state index contributed by atoms with van der Waals surface area (Å²) in [7, 11) is 0. The van der Waals surface area contributed by atoms with Crippen molar-refractivity contribution in [3.05, 3.63) is 59.7 Å². The Bertz CT molecular complexity index is 1060. The Morgan fingerprint density at radius 1 is 1.00 bits per heavy atom. The molecule has 0 radical (unpaired) electrons. The molecule has 1 saturated heterocycles. The molecule has 1 saturated carbocycles. The summed E-state index contributed by atoms with van der Waals surface area (Å²) in [5, 5.41) is 12.1. The molecular formula is C27H30N2O5. The summed E-state index contributed by atoms with van der Waals surface area (Å²) in [6.07, 6.45) is 1.70. The van der Waals surface area contributed by atoms with Gasteiger partial charge in [-0.2, -0.15) is 0 Å². The highest BCUT2D eigenvalue weighted by Gasteiger charge is 2.40. The van der Waals surface area contributed by atoms with E-state index in [2.05, 4.69) is 29.6 Å². The fraction of sp³-hybridized carbons (Fsp3) is 0.444. The highest BCUT2D eigenvalue weighted by atomic mass is 16.5. The van der Waals surface area contributed by atoms with Crippen molar-refractivity contribution >= 4 is 18.0 Å². The summed E-state index contributed by atoms with van der Waals surface area (Å²) in [6, 6.07) is 16.2. The quantitative estimate of drug-likeness (QED) is 0.621. The SMILES string of the molecule is CC(C(=O)O)C1CN(C(=O)CC(NC(=O)OCC2c3ccccc3-c3ccccc32)C2CC2)C1. The van der Waals surface area contributed by atoms with Crippen LogP contribution in [0.4, 0.5) is 4.79 Å². The number of alkyl carbamates (subject to hydrolysis) is 1. The maximum Gasteiger partial charge on any atom is 0.407 e. The number of carbonyl (C=O) groups is 3. The minimum Gasteiger partial charge on any atom is -0.481 e. The Morgan fingerprint density at radius 2 is 1.59 bits per heavy atom. The second-order valence-electron chi connectivity index (χ2n) is 9.80. The molecule has 2 amide bonds. The lowest BCUT2D eigenvalue weighted by Crippen LogP contribution is -2.54. The number of benzene rings is 2. The number of aliphatic carboxylic acids is 1. The summed E-state index contributed by atoms with van der Waals surface area (Å²) in [5.41, 5.74) is 4.68. The molecule has 2 aliphatic carbocycles. The van der Waals surface area contributed by atoms with Crippen LogP contribution in [0, 0.1) is 17.8 Å². The van der Waals surface area contributed by atoms with Crippen LogP contribution in [-0.2, 0) is 14.3 Å². The number of carbonyl (C=O) groups excluding carboxylic acids is 2. The topological polar surface area (TPSA) is 95.9 Å². The molecule has 2 aromatic carbocycles. The van der Waals surface area contributed by atoms with Crippen LogP contribution in [0.15, 0.2) is 48.5 Å². The molecule has 2 N–H and O–H groups in total. The number of hydrogen-bond acceptors (Lipinski definition) is 4. The molecule has 178 valence electrons. The van der Waals surface area contributed by atoms with Gasteiger partial charge in [0.1, 0.15) is 6.61 Å². The van der Waals surface area contributed by atoms with Crippen molar-refractivity contribution in [3.63, 3.8) is 0 Å². The van der Waals surface area contributed by atoms with E-state index in [1.807, 2.05) is 24.3 Å². The molecule has 3 aliphatic rings. The van der Waals surface area contributed by atoms with E-state index in [-0.39, 0.29) is 36.8 Å². The highest BCUT2D eigenvalue weighted by molar-refractivity contribution is 5.80. The van der Waals surface area contributed by atoms with Crippen LogP contribution in [0.2, 0.25) is 0 Å². The molecule has 34 heavy (non-hydrogen) atoms. The molecule has 7 nitrogen and oxygen atoms in total. The Kier molecular flexibility index (Phi) is 6.02. The van der Waals surface area contributed by atoms with Gasteiger partial charge in [0.25, 0.3) is 0 Å². The lowest BCUT2D eigenvalue weighted by atomic mass is 9.86. The van der Waals surface area contributed by atoms with Gasteiger partial charge in [-0.15, -0.1) is 0 Å². The smallest absolute Gasteiger partial charge is 0.407 e. The van der Waals surface area contributed by atoms with E-state index in [9.17, 15) is 14.4 Å². The second kappa shape index (κ2) is 9.12. The fourth-order valence-electron chi connectivity index (χ4n) is 5.18. The third kappa shape index (κ3) is 4.39. The van der Waals surface area contributed by atoms with E-state index in [4.69, 9.17) is 9.84 Å². The van der Waals surface area contributed by atoms with Gasteiger partial charge < -0.3 is 20.1 Å². The van der Waals surface area contributed by atoms with Gasteiger partial charge >= 0.3 is 12.1 Å². The van der Waals surface area contributed by atoms with Gasteiger partial charge in [-0.25, -0.2) is 4.79 Å². The lowest BCUT2D eigenvalue weighted by molar-refractivity contribution is -0.150. The van der Waals surface area contributed by atoms with Gasteiger partial charge in [-0.1, -0.05) is 55.5 Å². The first-order chi connectivity index (χ1) is 16.4. The predicted octanol–water partition coefficient (Wildman–Crippen LogP) is 3.87. The van der Waals surface area contributed by atoms with E-state index < -0.39 is 18.0 Å². The zero-order chi connectivity index (χ0) is 23.8. The van der Waals surface area contributed by atoms with Gasteiger partial charge in [0.05, 0.1) is 5.92 Å². The Balaban J connectivity index is 1.16. The highest BCUT2D eigenvalue weighted by Crippen LogP contribution is 2.44. The molecule has 2 atom stereocenters. The van der Waals surface area contributed by atoms with Crippen LogP contribution in [0.25, 0.3) is 11.1 Å². The summed E-state index contributed by atoms with van der Waals surface area (Å²) < 4.78 is 5.67. The van der Waals surface area contributed by atoms with Gasteiger partial charge in [-0.05, 0) is 41.0 Å². The van der Waals surface area contributed by atoms with Crippen molar-refractivity contribution in [1.29, 1.82) is 0 Å². The van der Waals surface area contributed by atoms with Crippen molar-refractivity contribution in [3.8, 4) is 11.1 Å². The molecule has 1 aliphatic heterocycles. The van der Waals surface area contributed by atoms with Gasteiger partial charge in [0, 0.05) is 37.4 Å². The summed E-state index contributed by atoms with van der Waals surface area (Å²) in [4.78, 5) is 38.2. The second-order valence-corrected chi connectivity index (χ2v) is 9.80. The molecule has 2 aromatic rings. The Morgan fingerprint density at radius 3 is 2.15 bits per heavy atom. The van der Waals surface area contributed by atoms with E-state index in [0.717, 1.165) is 24.0 Å². The van der Waals surface area contributed by atoms with Crippen LogP contribution in [0.3, 0.4) is 0 Å². The molecule has 2 fully saturated rings. The van der Waals surface area contributed by atoms with Gasteiger partial charge in [0.15, 0.2) is 0 Å². The number of carboxylic acids is 1. The van der Waals surface area contributed by atoms with Crippen molar-refractivity contribution in [2.75, 3.05) is 19.7 Å². The third-order valence-electron chi connectivity index (χ3n) is 7.59. The van der Waals surface area contributed by atoms with Crippen molar-refractivity contribution in [2.24, 2.45) is 17.8 Å². The summed E-state index contributed by atoms with van der Waals surface area (Å²) in [5.74, 6) is -1.04. The molecular weight excluding hydrogens is 432 g/mol. The number of likely N-dealkylation sites (tertiary alicyclic amines) is 1. The van der Waals surface area contributed by atoms with Crippen molar-refractivity contribution in [2.45, 2.75) is 38.1 Å². The van der Waals surface area contributed by atoms with Crippen LogP contribution in [0.1, 0.15) is 43.2 Å². The minimum atomic E-state index is -0.829. The first kappa shape index (κ1) is 22.4. The molecule has 5 rings (SSSR count). The van der Waals surface area contributed by atoms with Crippen LogP contribution in [-0.4, -0.2) is 53.7 Å². The zero-order valence-electron chi connectivity index (χ0n) is 19.3. The van der Waals surface area contributed by atoms with E-state index in [0.29, 0.717) is 19.0 Å². The van der Waals surface area contributed by atoms with Crippen LogP contribution >= 0.6 is 0 Å². The third-order valence-corrected chi connectivity index (χ3v) is 7.59. The number of nitrogens with one attached hydrogen (secondary N) is 1. The number of hydrogen-bond donors (Lipinski definition) is 2. The van der Waals surface area contributed by atoms with Crippen LogP contribution < -0.4 is 5.32 Å². The summed E-state index contributed by atoms with van der Waals surface area (Å²) in [6.45, 7) is 2.86.